The molecule has 6 heteroatoms. The molecule has 0 radical (unpaired) electrons. The summed E-state index contributed by atoms with van der Waals surface area (Å²) in [6.07, 6.45) is 2.50. The number of nitrogens with zero attached hydrogens (tertiary/aromatic N) is 2. The van der Waals surface area contributed by atoms with E-state index in [1.54, 1.807) is 6.07 Å². The number of nitrogens with one attached hydrogen (secondary N) is 2. The van der Waals surface area contributed by atoms with Crippen LogP contribution in [0, 0.1) is 0 Å². The van der Waals surface area contributed by atoms with Crippen molar-refractivity contribution >= 4 is 17.6 Å². The van der Waals surface area contributed by atoms with Gasteiger partial charge in [-0.1, -0.05) is 36.4 Å². The lowest BCUT2D eigenvalue weighted by Crippen LogP contribution is -2.27. The smallest absolute Gasteiger partial charge is 0.270 e. The van der Waals surface area contributed by atoms with Crippen LogP contribution in [0.15, 0.2) is 48.5 Å². The van der Waals surface area contributed by atoms with Gasteiger partial charge in [0.2, 0.25) is 5.91 Å². The van der Waals surface area contributed by atoms with Gasteiger partial charge in [0, 0.05) is 32.6 Å². The molecule has 0 unspecified atom stereocenters. The number of hydrogen-bond donors (Lipinski definition) is 2. The highest BCUT2D eigenvalue weighted by Crippen LogP contribution is 2.10. The van der Waals surface area contributed by atoms with E-state index in [4.69, 9.17) is 0 Å². The zero-order valence-electron chi connectivity index (χ0n) is 14.8. The largest absolute Gasteiger partial charge is 0.370 e. The van der Waals surface area contributed by atoms with E-state index >= 15 is 0 Å². The predicted molar refractivity (Wildman–Crippen MR) is 101 cm³/mol. The van der Waals surface area contributed by atoms with Crippen LogP contribution in [-0.4, -0.2) is 41.3 Å². The Morgan fingerprint density at radius 1 is 1.12 bits per heavy atom. The third-order valence-corrected chi connectivity index (χ3v) is 4.36. The maximum atomic E-state index is 12.3. The fourth-order valence-electron chi connectivity index (χ4n) is 2.96. The molecule has 1 aromatic heterocycles. The number of carbonyl (C=O) groups excluding carboxylic acids is 2. The number of pyridine rings is 1. The molecule has 2 heterocycles. The summed E-state index contributed by atoms with van der Waals surface area (Å²) in [6, 6.07) is 15.1. The third-order valence-electron chi connectivity index (χ3n) is 4.36. The second-order valence-corrected chi connectivity index (χ2v) is 6.34. The van der Waals surface area contributed by atoms with Crippen molar-refractivity contribution in [3.63, 3.8) is 0 Å². The van der Waals surface area contributed by atoms with Gasteiger partial charge in [-0.15, -0.1) is 0 Å². The molecule has 0 aliphatic carbocycles. The fraction of sp³-hybridized carbons (Fsp3) is 0.350. The molecular formula is C20H24N4O2. The minimum Gasteiger partial charge on any atom is -0.370 e. The molecule has 1 saturated heterocycles. The summed E-state index contributed by atoms with van der Waals surface area (Å²) in [5.74, 6) is 0.727. The minimum absolute atomic E-state index is 0.194. The summed E-state index contributed by atoms with van der Waals surface area (Å²) in [5.41, 5.74) is 1.44. The topological polar surface area (TPSA) is 74.3 Å². The van der Waals surface area contributed by atoms with E-state index in [2.05, 4.69) is 15.6 Å². The molecule has 0 saturated carbocycles. The highest BCUT2D eigenvalue weighted by molar-refractivity contribution is 5.92. The SMILES string of the molecule is O=C(NCc1ccccc1)c1cccc(NCCCN2CCCC2=O)n1. The van der Waals surface area contributed by atoms with Gasteiger partial charge in [0.05, 0.1) is 0 Å². The van der Waals surface area contributed by atoms with Crippen LogP contribution in [0.5, 0.6) is 0 Å². The number of hydrogen-bond acceptors (Lipinski definition) is 4. The normalized spacial score (nSPS) is 13.7. The monoisotopic (exact) mass is 352 g/mol. The Kier molecular flexibility index (Phi) is 6.19. The molecule has 2 aromatic rings. The van der Waals surface area contributed by atoms with Gasteiger partial charge in [-0.05, 0) is 30.5 Å². The third kappa shape index (κ3) is 5.05. The molecule has 2 N–H and O–H groups in total. The number of rotatable bonds is 8. The van der Waals surface area contributed by atoms with Crippen LogP contribution in [0.1, 0.15) is 35.3 Å². The number of carbonyl (C=O) groups is 2. The molecule has 26 heavy (non-hydrogen) atoms. The van der Waals surface area contributed by atoms with Gasteiger partial charge in [-0.2, -0.15) is 0 Å². The molecule has 0 bridgehead atoms. The Labute approximate surface area is 153 Å². The van der Waals surface area contributed by atoms with Gasteiger partial charge >= 0.3 is 0 Å². The van der Waals surface area contributed by atoms with Crippen molar-refractivity contribution in [3.8, 4) is 0 Å². The summed E-state index contributed by atoms with van der Waals surface area (Å²) in [4.78, 5) is 30.1. The van der Waals surface area contributed by atoms with E-state index in [-0.39, 0.29) is 11.8 Å². The van der Waals surface area contributed by atoms with Crippen LogP contribution >= 0.6 is 0 Å². The number of likely N-dealkylation sites (tertiary alicyclic amines) is 1. The average molecular weight is 352 g/mol. The standard InChI is InChI=1S/C20H24N4O2/c25-19-11-5-13-24(19)14-6-12-21-18-10-4-9-17(23-18)20(26)22-15-16-7-2-1-3-8-16/h1-4,7-10H,5-6,11-15H2,(H,21,23)(H,22,26). The van der Waals surface area contributed by atoms with Gasteiger partial charge in [-0.3, -0.25) is 9.59 Å². The summed E-state index contributed by atoms with van der Waals surface area (Å²) < 4.78 is 0. The average Bonchev–Trinajstić information content (AvgIpc) is 3.09. The van der Waals surface area contributed by atoms with E-state index in [0.29, 0.717) is 31.0 Å². The Hall–Kier alpha value is -2.89. The maximum absolute atomic E-state index is 12.3. The Bertz CT molecular complexity index is 748. The van der Waals surface area contributed by atoms with Crippen LogP contribution in [0.2, 0.25) is 0 Å². The number of aromatic nitrogens is 1. The van der Waals surface area contributed by atoms with Crippen molar-refractivity contribution in [2.45, 2.75) is 25.8 Å². The van der Waals surface area contributed by atoms with Crippen molar-refractivity contribution < 1.29 is 9.59 Å². The number of anilines is 1. The van der Waals surface area contributed by atoms with Crippen molar-refractivity contribution in [3.05, 3.63) is 59.8 Å². The highest BCUT2D eigenvalue weighted by Gasteiger charge is 2.18. The van der Waals surface area contributed by atoms with E-state index in [1.807, 2.05) is 47.4 Å². The van der Waals surface area contributed by atoms with Crippen molar-refractivity contribution in [1.82, 2.24) is 15.2 Å². The highest BCUT2D eigenvalue weighted by atomic mass is 16.2. The molecule has 1 fully saturated rings. The summed E-state index contributed by atoms with van der Waals surface area (Å²) in [7, 11) is 0. The lowest BCUT2D eigenvalue weighted by atomic mass is 10.2. The first-order valence-corrected chi connectivity index (χ1v) is 9.03. The van der Waals surface area contributed by atoms with Crippen LogP contribution < -0.4 is 10.6 Å². The van der Waals surface area contributed by atoms with Crippen molar-refractivity contribution in [2.24, 2.45) is 0 Å². The predicted octanol–water partition coefficient (Wildman–Crippen LogP) is 2.44. The van der Waals surface area contributed by atoms with Crippen LogP contribution in [-0.2, 0) is 11.3 Å². The second-order valence-electron chi connectivity index (χ2n) is 6.34. The van der Waals surface area contributed by atoms with Crippen LogP contribution in [0.4, 0.5) is 5.82 Å². The number of amides is 2. The van der Waals surface area contributed by atoms with E-state index in [1.165, 1.54) is 0 Å². The Balaban J connectivity index is 1.44. The molecule has 0 spiro atoms. The fourth-order valence-corrected chi connectivity index (χ4v) is 2.96. The molecule has 0 atom stereocenters. The first-order chi connectivity index (χ1) is 12.7. The molecule has 2 amide bonds. The summed E-state index contributed by atoms with van der Waals surface area (Å²) >= 11 is 0. The van der Waals surface area contributed by atoms with Gasteiger partial charge in [0.25, 0.3) is 5.91 Å². The first kappa shape index (κ1) is 17.9. The first-order valence-electron chi connectivity index (χ1n) is 9.03. The van der Waals surface area contributed by atoms with E-state index < -0.39 is 0 Å². The van der Waals surface area contributed by atoms with Crippen molar-refractivity contribution in [1.29, 1.82) is 0 Å². The van der Waals surface area contributed by atoms with Crippen LogP contribution in [0.25, 0.3) is 0 Å². The Morgan fingerprint density at radius 3 is 2.73 bits per heavy atom. The minimum atomic E-state index is -0.194. The zero-order chi connectivity index (χ0) is 18.2. The van der Waals surface area contributed by atoms with Gasteiger partial charge in [-0.25, -0.2) is 4.98 Å². The lowest BCUT2D eigenvalue weighted by Gasteiger charge is -2.15. The number of benzene rings is 1. The zero-order valence-corrected chi connectivity index (χ0v) is 14.8. The quantitative estimate of drug-likeness (QED) is 0.716. The summed E-state index contributed by atoms with van der Waals surface area (Å²) in [5, 5.41) is 6.10. The maximum Gasteiger partial charge on any atom is 0.270 e. The second kappa shape index (κ2) is 8.99. The van der Waals surface area contributed by atoms with Crippen LogP contribution in [0.3, 0.4) is 0 Å². The van der Waals surface area contributed by atoms with Gasteiger partial charge in [0.1, 0.15) is 11.5 Å². The molecule has 6 nitrogen and oxygen atoms in total. The molecule has 136 valence electrons. The molecule has 1 aromatic carbocycles. The lowest BCUT2D eigenvalue weighted by molar-refractivity contribution is -0.127. The summed E-state index contributed by atoms with van der Waals surface area (Å²) in [6.45, 7) is 2.83. The molecular weight excluding hydrogens is 328 g/mol. The Morgan fingerprint density at radius 2 is 1.96 bits per heavy atom. The molecule has 1 aliphatic heterocycles. The van der Waals surface area contributed by atoms with E-state index in [9.17, 15) is 9.59 Å². The molecule has 1 aliphatic rings. The van der Waals surface area contributed by atoms with Crippen molar-refractivity contribution in [2.75, 3.05) is 25.0 Å². The van der Waals surface area contributed by atoms with Gasteiger partial charge in [0.15, 0.2) is 0 Å². The molecule has 3 rings (SSSR count). The van der Waals surface area contributed by atoms with Gasteiger partial charge < -0.3 is 15.5 Å². The van der Waals surface area contributed by atoms with E-state index in [0.717, 1.165) is 31.5 Å².